The summed E-state index contributed by atoms with van der Waals surface area (Å²) < 4.78 is 2.16. The third-order valence-electron chi connectivity index (χ3n) is 4.11. The van der Waals surface area contributed by atoms with Crippen LogP contribution >= 0.6 is 11.6 Å². The fraction of sp³-hybridized carbons (Fsp3) is 0.467. The summed E-state index contributed by atoms with van der Waals surface area (Å²) in [6, 6.07) is 3.07. The molecule has 0 aliphatic carbocycles. The Balaban J connectivity index is 1.78. The van der Waals surface area contributed by atoms with Crippen molar-refractivity contribution in [3.05, 3.63) is 44.5 Å². The molecule has 0 saturated heterocycles. The molecule has 23 heavy (non-hydrogen) atoms. The third-order valence-corrected chi connectivity index (χ3v) is 4.42. The molecule has 0 atom stereocenters. The maximum absolute atomic E-state index is 10.9. The zero-order valence-corrected chi connectivity index (χ0v) is 13.6. The molecular weight excluding hydrogens is 318 g/mol. The van der Waals surface area contributed by atoms with Gasteiger partial charge in [0.1, 0.15) is 5.82 Å². The molecule has 0 saturated carbocycles. The van der Waals surface area contributed by atoms with E-state index < -0.39 is 4.92 Å². The molecule has 0 bridgehead atoms. The molecule has 1 N–H and O–H groups in total. The van der Waals surface area contributed by atoms with Crippen LogP contribution in [-0.4, -0.2) is 19.7 Å². The summed E-state index contributed by atoms with van der Waals surface area (Å²) in [5.74, 6) is 1.90. The Morgan fingerprint density at radius 3 is 2.96 bits per heavy atom. The molecule has 2 heterocycles. The molecule has 2 aromatic rings. The Bertz CT molecular complexity index is 744. The van der Waals surface area contributed by atoms with Gasteiger partial charge in [0.05, 0.1) is 22.2 Å². The van der Waals surface area contributed by atoms with E-state index in [4.69, 9.17) is 11.6 Å². The van der Waals surface area contributed by atoms with Crippen LogP contribution in [0.2, 0.25) is 5.02 Å². The lowest BCUT2D eigenvalue weighted by atomic mass is 10.2. The number of benzene rings is 1. The zero-order chi connectivity index (χ0) is 16.4. The number of nitro groups is 1. The molecule has 8 heteroatoms. The van der Waals surface area contributed by atoms with Crippen molar-refractivity contribution < 1.29 is 4.92 Å². The molecular formula is C15H18ClN5O2. The fourth-order valence-electron chi connectivity index (χ4n) is 2.85. The molecule has 7 nitrogen and oxygen atoms in total. The first-order valence-electron chi connectivity index (χ1n) is 7.65. The zero-order valence-electron chi connectivity index (χ0n) is 12.9. The van der Waals surface area contributed by atoms with Crippen LogP contribution in [0, 0.1) is 17.0 Å². The van der Waals surface area contributed by atoms with E-state index in [-0.39, 0.29) is 5.69 Å². The number of halogens is 1. The van der Waals surface area contributed by atoms with Crippen molar-refractivity contribution in [3.8, 4) is 0 Å². The van der Waals surface area contributed by atoms with Crippen LogP contribution in [0.15, 0.2) is 12.1 Å². The van der Waals surface area contributed by atoms with Gasteiger partial charge < -0.3 is 9.88 Å². The van der Waals surface area contributed by atoms with Crippen molar-refractivity contribution in [3.63, 3.8) is 0 Å². The van der Waals surface area contributed by atoms with Crippen LogP contribution in [0.5, 0.6) is 0 Å². The van der Waals surface area contributed by atoms with E-state index in [1.807, 2.05) is 0 Å². The quantitative estimate of drug-likeness (QED) is 0.682. The van der Waals surface area contributed by atoms with Crippen LogP contribution in [-0.2, 0) is 19.5 Å². The molecule has 0 fully saturated rings. The molecule has 0 amide bonds. The van der Waals surface area contributed by atoms with Crippen LogP contribution < -0.4 is 5.32 Å². The van der Waals surface area contributed by atoms with Gasteiger partial charge in [-0.2, -0.15) is 0 Å². The second-order valence-electron chi connectivity index (χ2n) is 5.72. The van der Waals surface area contributed by atoms with Crippen molar-refractivity contribution in [1.29, 1.82) is 0 Å². The molecule has 122 valence electrons. The largest absolute Gasteiger partial charge is 0.377 e. The monoisotopic (exact) mass is 335 g/mol. The first-order chi connectivity index (χ1) is 11.1. The van der Waals surface area contributed by atoms with Crippen molar-refractivity contribution >= 4 is 23.0 Å². The predicted octanol–water partition coefficient (Wildman–Crippen LogP) is 3.49. The Hall–Kier alpha value is -2.15. The first kappa shape index (κ1) is 15.7. The van der Waals surface area contributed by atoms with Gasteiger partial charge in [-0.05, 0) is 25.8 Å². The van der Waals surface area contributed by atoms with Gasteiger partial charge in [-0.1, -0.05) is 18.0 Å². The lowest BCUT2D eigenvalue weighted by Crippen LogP contribution is -2.10. The molecule has 1 aliphatic rings. The highest BCUT2D eigenvalue weighted by molar-refractivity contribution is 6.33. The standard InChI is InChI=1S/C15H18ClN5O2/c1-10-7-12(11(16)8-13(10)21(22)23)17-9-15-19-18-14-5-3-2-4-6-20(14)15/h7-8,17H,2-6,9H2,1H3. The Kier molecular flexibility index (Phi) is 4.47. The minimum atomic E-state index is -0.427. The van der Waals surface area contributed by atoms with Crippen LogP contribution in [0.25, 0.3) is 0 Å². The van der Waals surface area contributed by atoms with Gasteiger partial charge in [0.25, 0.3) is 5.69 Å². The van der Waals surface area contributed by atoms with E-state index in [2.05, 4.69) is 20.1 Å². The Labute approximate surface area is 138 Å². The normalized spacial score (nSPS) is 14.2. The van der Waals surface area contributed by atoms with Crippen molar-refractivity contribution in [1.82, 2.24) is 14.8 Å². The highest BCUT2D eigenvalue weighted by Gasteiger charge is 2.17. The maximum Gasteiger partial charge on any atom is 0.273 e. The summed E-state index contributed by atoms with van der Waals surface area (Å²) in [5.41, 5.74) is 1.26. The first-order valence-corrected chi connectivity index (χ1v) is 8.03. The topological polar surface area (TPSA) is 85.9 Å². The molecule has 3 rings (SSSR count). The number of hydrogen-bond acceptors (Lipinski definition) is 5. The number of nitrogens with one attached hydrogen (secondary N) is 1. The van der Waals surface area contributed by atoms with Crippen LogP contribution in [0.4, 0.5) is 11.4 Å². The number of fused-ring (bicyclic) bond motifs is 1. The Morgan fingerprint density at radius 2 is 2.17 bits per heavy atom. The van der Waals surface area contributed by atoms with Crippen molar-refractivity contribution in [2.24, 2.45) is 0 Å². The number of aromatic nitrogens is 3. The third kappa shape index (κ3) is 3.29. The second kappa shape index (κ2) is 6.54. The molecule has 1 aliphatic heterocycles. The number of rotatable bonds is 4. The molecule has 0 spiro atoms. The smallest absolute Gasteiger partial charge is 0.273 e. The number of nitro benzene ring substituents is 1. The van der Waals surface area contributed by atoms with Gasteiger partial charge >= 0.3 is 0 Å². The lowest BCUT2D eigenvalue weighted by Gasteiger charge is -2.11. The fourth-order valence-corrected chi connectivity index (χ4v) is 3.08. The van der Waals surface area contributed by atoms with Crippen molar-refractivity contribution in [2.45, 2.75) is 45.7 Å². The maximum atomic E-state index is 10.9. The summed E-state index contributed by atoms with van der Waals surface area (Å²) in [5, 5.41) is 23.0. The van der Waals surface area contributed by atoms with Gasteiger partial charge in [-0.3, -0.25) is 10.1 Å². The SMILES string of the molecule is Cc1cc(NCc2nnc3n2CCCCC3)c(Cl)cc1[N+](=O)[O-]. The molecule has 1 aromatic carbocycles. The highest BCUT2D eigenvalue weighted by Crippen LogP contribution is 2.30. The average molecular weight is 336 g/mol. The summed E-state index contributed by atoms with van der Waals surface area (Å²) in [4.78, 5) is 10.5. The van der Waals surface area contributed by atoms with Gasteiger partial charge in [0, 0.05) is 24.6 Å². The highest BCUT2D eigenvalue weighted by atomic mass is 35.5. The predicted molar refractivity (Wildman–Crippen MR) is 87.7 cm³/mol. The summed E-state index contributed by atoms with van der Waals surface area (Å²) in [6.07, 6.45) is 4.46. The van der Waals surface area contributed by atoms with Crippen LogP contribution in [0.1, 0.15) is 36.5 Å². The van der Waals surface area contributed by atoms with E-state index in [9.17, 15) is 10.1 Å². The minimum absolute atomic E-state index is 0.0249. The van der Waals surface area contributed by atoms with Crippen molar-refractivity contribution in [2.75, 3.05) is 5.32 Å². The van der Waals surface area contributed by atoms with Gasteiger partial charge in [0.2, 0.25) is 0 Å². The number of aryl methyl sites for hydroxylation is 2. The average Bonchev–Trinajstić information content (AvgIpc) is 2.74. The Morgan fingerprint density at radius 1 is 1.35 bits per heavy atom. The molecule has 0 unspecified atom stereocenters. The van der Waals surface area contributed by atoms with E-state index >= 15 is 0 Å². The van der Waals surface area contributed by atoms with Crippen LogP contribution in [0.3, 0.4) is 0 Å². The number of anilines is 1. The van der Waals surface area contributed by atoms with E-state index in [1.165, 1.54) is 12.5 Å². The minimum Gasteiger partial charge on any atom is -0.377 e. The molecule has 1 aromatic heterocycles. The van der Waals surface area contributed by atoms with Gasteiger partial charge in [0.15, 0.2) is 5.82 Å². The summed E-state index contributed by atoms with van der Waals surface area (Å²) >= 11 is 6.15. The molecule has 0 radical (unpaired) electrons. The van der Waals surface area contributed by atoms with Gasteiger partial charge in [-0.15, -0.1) is 10.2 Å². The number of nitrogens with zero attached hydrogens (tertiary/aromatic N) is 4. The second-order valence-corrected chi connectivity index (χ2v) is 6.13. The van der Waals surface area contributed by atoms with E-state index in [0.29, 0.717) is 22.8 Å². The lowest BCUT2D eigenvalue weighted by molar-refractivity contribution is -0.385. The summed E-state index contributed by atoms with van der Waals surface area (Å²) in [6.45, 7) is 3.12. The number of hydrogen-bond donors (Lipinski definition) is 1. The van der Waals surface area contributed by atoms with E-state index in [0.717, 1.165) is 37.5 Å². The van der Waals surface area contributed by atoms with Gasteiger partial charge in [-0.25, -0.2) is 0 Å². The van der Waals surface area contributed by atoms with E-state index in [1.54, 1.807) is 13.0 Å². The summed E-state index contributed by atoms with van der Waals surface area (Å²) in [7, 11) is 0.